The maximum absolute atomic E-state index is 12.0. The van der Waals surface area contributed by atoms with Gasteiger partial charge in [-0.3, -0.25) is 14.5 Å². The molecule has 0 aliphatic heterocycles. The molecule has 0 aliphatic carbocycles. The molecule has 0 saturated carbocycles. The zero-order valence-corrected chi connectivity index (χ0v) is 22.6. The van der Waals surface area contributed by atoms with Gasteiger partial charge >= 0.3 is 53.1 Å². The van der Waals surface area contributed by atoms with Gasteiger partial charge in [0.1, 0.15) is 25.6 Å². The monoisotopic (exact) mass is 551 g/mol. The molecule has 0 fully saturated rings. The standard InChI is InChI=1S/C18H23N7O12.Na/c1-12-19-7-14(24(30)31)22(12)36-5-3-34-17(28)10-21(9-16(26)27)11-18(29)35-4-6-37-23-13(2)20-8-15(23)25(32)33;/h7-8H,3-6,9-11H2,1-2H3,(H,26,27);/q;+1/p-1. The summed E-state index contributed by atoms with van der Waals surface area (Å²) in [6, 6.07) is 0. The Morgan fingerprint density at radius 1 is 0.816 bits per heavy atom. The van der Waals surface area contributed by atoms with Crippen LogP contribution < -0.4 is 44.3 Å². The minimum Gasteiger partial charge on any atom is -0.549 e. The van der Waals surface area contributed by atoms with Gasteiger partial charge in [0.25, 0.3) is 0 Å². The number of esters is 2. The Kier molecular flexibility index (Phi) is 13.1. The Balaban J connectivity index is 0.00000722. The number of carboxylic acid groups (broad SMARTS) is 1. The molecule has 20 heteroatoms. The zero-order chi connectivity index (χ0) is 27.5. The van der Waals surface area contributed by atoms with Crippen molar-refractivity contribution < 1.29 is 78.0 Å². The van der Waals surface area contributed by atoms with Crippen LogP contribution in [0.25, 0.3) is 0 Å². The number of carboxylic acids is 1. The average molecular weight is 551 g/mol. The van der Waals surface area contributed by atoms with E-state index < -0.39 is 59.0 Å². The molecule has 0 aliphatic rings. The summed E-state index contributed by atoms with van der Waals surface area (Å²) in [5, 5.41) is 32.8. The summed E-state index contributed by atoms with van der Waals surface area (Å²) < 4.78 is 11.5. The number of imidazole rings is 2. The van der Waals surface area contributed by atoms with Crippen LogP contribution in [-0.2, 0) is 23.9 Å². The first-order chi connectivity index (χ1) is 17.5. The first-order valence-electron chi connectivity index (χ1n) is 10.4. The van der Waals surface area contributed by atoms with E-state index in [0.29, 0.717) is 0 Å². The smallest absolute Gasteiger partial charge is 0.549 e. The van der Waals surface area contributed by atoms with Crippen molar-refractivity contribution in [3.63, 3.8) is 0 Å². The van der Waals surface area contributed by atoms with Gasteiger partial charge in [-0.2, -0.15) is 0 Å². The van der Waals surface area contributed by atoms with E-state index in [9.17, 15) is 39.7 Å². The van der Waals surface area contributed by atoms with Crippen molar-refractivity contribution >= 4 is 29.5 Å². The molecule has 0 aromatic carbocycles. The summed E-state index contributed by atoms with van der Waals surface area (Å²) in [6.07, 6.45) is 1.99. The second kappa shape index (κ2) is 15.4. The van der Waals surface area contributed by atoms with Gasteiger partial charge in [0.05, 0.1) is 19.1 Å². The summed E-state index contributed by atoms with van der Waals surface area (Å²) in [6.45, 7) is -0.341. The van der Waals surface area contributed by atoms with Gasteiger partial charge in [-0.1, -0.05) is 0 Å². The second-order valence-corrected chi connectivity index (χ2v) is 7.05. The van der Waals surface area contributed by atoms with Gasteiger partial charge in [0, 0.05) is 20.4 Å². The van der Waals surface area contributed by atoms with Crippen LogP contribution in [0.5, 0.6) is 0 Å². The van der Waals surface area contributed by atoms with Crippen LogP contribution in [0.1, 0.15) is 11.6 Å². The maximum atomic E-state index is 12.0. The van der Waals surface area contributed by atoms with E-state index in [2.05, 4.69) is 9.97 Å². The Morgan fingerprint density at radius 2 is 1.21 bits per heavy atom. The molecule has 19 nitrogen and oxygen atoms in total. The van der Waals surface area contributed by atoms with Crippen LogP contribution in [0.15, 0.2) is 12.4 Å². The number of carbonyl (C=O) groups excluding carboxylic acids is 3. The van der Waals surface area contributed by atoms with Crippen molar-refractivity contribution in [1.29, 1.82) is 0 Å². The molecule has 38 heavy (non-hydrogen) atoms. The quantitative estimate of drug-likeness (QED) is 0.0621. The third-order valence-corrected chi connectivity index (χ3v) is 4.30. The van der Waals surface area contributed by atoms with Gasteiger partial charge in [-0.05, 0) is 19.3 Å². The molecule has 0 N–H and O–H groups in total. The van der Waals surface area contributed by atoms with Crippen molar-refractivity contribution in [2.75, 3.05) is 46.1 Å². The molecule has 0 atom stereocenters. The number of aliphatic carboxylic acids is 1. The Labute approximate surface area is 235 Å². The third kappa shape index (κ3) is 9.92. The number of carbonyl (C=O) groups is 3. The van der Waals surface area contributed by atoms with Gasteiger partial charge < -0.3 is 49.3 Å². The minimum absolute atomic E-state index is 0. The molecule has 2 rings (SSSR count). The molecule has 0 spiro atoms. The Bertz CT molecular complexity index is 1070. The average Bonchev–Trinajstić information content (AvgIpc) is 3.36. The molecule has 0 unspecified atom stereocenters. The molecule has 0 radical (unpaired) electrons. The Morgan fingerprint density at radius 3 is 1.55 bits per heavy atom. The van der Waals surface area contributed by atoms with E-state index in [0.717, 1.165) is 26.8 Å². The number of aromatic nitrogens is 4. The fourth-order valence-corrected chi connectivity index (χ4v) is 2.78. The number of aryl methyl sites for hydroxylation is 2. The normalized spacial score (nSPS) is 10.4. The zero-order valence-electron chi connectivity index (χ0n) is 20.6. The van der Waals surface area contributed by atoms with Crippen LogP contribution in [0.3, 0.4) is 0 Å². The molecule has 0 amide bonds. The van der Waals surface area contributed by atoms with Crippen molar-refractivity contribution in [2.45, 2.75) is 13.8 Å². The summed E-state index contributed by atoms with van der Waals surface area (Å²) in [5.74, 6) is -3.86. The first-order valence-corrected chi connectivity index (χ1v) is 10.4. The molecule has 2 aromatic rings. The van der Waals surface area contributed by atoms with Gasteiger partial charge in [0.2, 0.25) is 11.6 Å². The van der Waals surface area contributed by atoms with E-state index in [1.54, 1.807) is 0 Å². The van der Waals surface area contributed by atoms with Crippen LogP contribution in [0, 0.1) is 34.1 Å². The predicted octanol–water partition coefficient (Wildman–Crippen LogP) is -5.79. The van der Waals surface area contributed by atoms with Gasteiger partial charge in [-0.15, -0.1) is 0 Å². The second-order valence-electron chi connectivity index (χ2n) is 7.05. The Hall–Kier alpha value is -3.81. The first kappa shape index (κ1) is 32.2. The van der Waals surface area contributed by atoms with Crippen LogP contribution in [-0.4, -0.2) is 98.1 Å². The number of nitro groups is 2. The van der Waals surface area contributed by atoms with Crippen molar-refractivity contribution in [2.24, 2.45) is 0 Å². The topological polar surface area (TPSA) is 236 Å². The molecular formula is C18H22N7NaO12. The third-order valence-electron chi connectivity index (χ3n) is 4.30. The minimum atomic E-state index is -1.57. The summed E-state index contributed by atoms with van der Waals surface area (Å²) in [5.41, 5.74) is 0. The van der Waals surface area contributed by atoms with Crippen LogP contribution in [0.2, 0.25) is 0 Å². The van der Waals surface area contributed by atoms with Crippen LogP contribution in [0.4, 0.5) is 11.6 Å². The number of ether oxygens (including phenoxy) is 2. The summed E-state index contributed by atoms with van der Waals surface area (Å²) >= 11 is 0. The van der Waals surface area contributed by atoms with E-state index >= 15 is 0 Å². The van der Waals surface area contributed by atoms with Crippen molar-refractivity contribution in [3.8, 4) is 0 Å². The fraction of sp³-hybridized carbons (Fsp3) is 0.500. The number of rotatable bonds is 16. The number of hydrogen-bond donors (Lipinski definition) is 0. The summed E-state index contributed by atoms with van der Waals surface area (Å²) in [4.78, 5) is 74.1. The molecule has 2 heterocycles. The van der Waals surface area contributed by atoms with Gasteiger partial charge in [-0.25, -0.2) is 9.97 Å². The van der Waals surface area contributed by atoms with Crippen LogP contribution >= 0.6 is 0 Å². The molecule has 0 bridgehead atoms. The summed E-state index contributed by atoms with van der Waals surface area (Å²) in [7, 11) is 0. The number of hydrogen-bond acceptors (Lipinski definition) is 15. The fourth-order valence-electron chi connectivity index (χ4n) is 2.78. The molecular weight excluding hydrogens is 529 g/mol. The maximum Gasteiger partial charge on any atom is 1.00 e. The van der Waals surface area contributed by atoms with E-state index in [1.807, 2.05) is 0 Å². The van der Waals surface area contributed by atoms with Gasteiger partial charge in [0.15, 0.2) is 13.2 Å². The molecule has 2 aromatic heterocycles. The molecule has 202 valence electrons. The number of nitrogens with zero attached hydrogens (tertiary/aromatic N) is 7. The SMILES string of the molecule is Cc1ncc([N+](=O)[O-])n1OCCOC(=O)CN(CC(=O)[O-])CC(=O)OCCOn1c([N+](=O)[O-])cnc1C.[Na+]. The van der Waals surface area contributed by atoms with E-state index in [4.69, 9.17) is 19.1 Å². The van der Waals surface area contributed by atoms with E-state index in [-0.39, 0.29) is 67.6 Å². The van der Waals surface area contributed by atoms with Crippen molar-refractivity contribution in [3.05, 3.63) is 44.3 Å². The van der Waals surface area contributed by atoms with E-state index in [1.165, 1.54) is 13.8 Å². The predicted molar refractivity (Wildman–Crippen MR) is 113 cm³/mol. The largest absolute Gasteiger partial charge is 1.00 e. The molecule has 0 saturated heterocycles. The van der Waals surface area contributed by atoms with Crippen molar-refractivity contribution in [1.82, 2.24) is 24.3 Å².